The zero-order valence-corrected chi connectivity index (χ0v) is 18.5. The van der Waals surface area contributed by atoms with Gasteiger partial charge in [0.1, 0.15) is 0 Å². The lowest BCUT2D eigenvalue weighted by Crippen LogP contribution is -2.39. The molecule has 7 nitrogen and oxygen atoms in total. The molecule has 0 unspecified atom stereocenters. The van der Waals surface area contributed by atoms with Gasteiger partial charge in [0.15, 0.2) is 29.6 Å². The third-order valence-corrected chi connectivity index (χ3v) is 6.06. The Hall–Kier alpha value is -2.93. The Labute approximate surface area is 182 Å². The zero-order chi connectivity index (χ0) is 22.0. The molecular weight excluding hydrogens is 398 g/mol. The van der Waals surface area contributed by atoms with E-state index in [2.05, 4.69) is 17.0 Å². The summed E-state index contributed by atoms with van der Waals surface area (Å²) >= 11 is 0. The number of hydrogen-bond acceptors (Lipinski definition) is 7. The van der Waals surface area contributed by atoms with Gasteiger partial charge in [0.2, 0.25) is 0 Å². The first kappa shape index (κ1) is 21.3. The van der Waals surface area contributed by atoms with Crippen LogP contribution < -0.4 is 18.9 Å². The summed E-state index contributed by atoms with van der Waals surface area (Å²) in [5.41, 5.74) is 4.94. The van der Waals surface area contributed by atoms with E-state index in [4.69, 9.17) is 23.7 Å². The molecular formula is C24H29NO6. The minimum Gasteiger partial charge on any atom is -0.493 e. The SMILES string of the molecule is CCOC(=O)COc1cc2c(cc1OC)[C@H]1Cc3ccc(OC)c(OC)c3CN1CC2. The highest BCUT2D eigenvalue weighted by molar-refractivity contribution is 5.71. The molecule has 0 saturated heterocycles. The van der Waals surface area contributed by atoms with Crippen LogP contribution in [0.1, 0.15) is 35.2 Å². The second-order valence-corrected chi connectivity index (χ2v) is 7.67. The van der Waals surface area contributed by atoms with Gasteiger partial charge in [-0.15, -0.1) is 0 Å². The molecule has 0 radical (unpaired) electrons. The number of esters is 1. The van der Waals surface area contributed by atoms with Crippen LogP contribution in [0.15, 0.2) is 24.3 Å². The minimum absolute atomic E-state index is 0.131. The van der Waals surface area contributed by atoms with E-state index in [9.17, 15) is 4.79 Å². The molecule has 2 aromatic rings. The van der Waals surface area contributed by atoms with Crippen molar-refractivity contribution >= 4 is 5.97 Å². The van der Waals surface area contributed by atoms with Crippen LogP contribution in [0.5, 0.6) is 23.0 Å². The quantitative estimate of drug-likeness (QED) is 0.628. The molecule has 1 atom stereocenters. The van der Waals surface area contributed by atoms with Gasteiger partial charge in [-0.3, -0.25) is 4.90 Å². The van der Waals surface area contributed by atoms with E-state index in [1.165, 1.54) is 22.3 Å². The first-order chi connectivity index (χ1) is 15.1. The van der Waals surface area contributed by atoms with Crippen LogP contribution in [0.4, 0.5) is 0 Å². The molecule has 2 heterocycles. The van der Waals surface area contributed by atoms with Crippen molar-refractivity contribution in [3.05, 3.63) is 46.5 Å². The highest BCUT2D eigenvalue weighted by Gasteiger charge is 2.35. The first-order valence-corrected chi connectivity index (χ1v) is 10.6. The van der Waals surface area contributed by atoms with E-state index >= 15 is 0 Å². The number of carbonyl (C=O) groups excluding carboxylic acids is 1. The Morgan fingerprint density at radius 3 is 2.55 bits per heavy atom. The van der Waals surface area contributed by atoms with Crippen molar-refractivity contribution in [2.75, 3.05) is 41.1 Å². The average Bonchev–Trinajstić information content (AvgIpc) is 2.80. The summed E-state index contributed by atoms with van der Waals surface area (Å²) in [7, 11) is 4.98. The molecule has 0 fully saturated rings. The second kappa shape index (κ2) is 9.06. The van der Waals surface area contributed by atoms with Crippen LogP contribution in [-0.4, -0.2) is 52.0 Å². The van der Waals surface area contributed by atoms with Gasteiger partial charge in [0.05, 0.1) is 27.9 Å². The van der Waals surface area contributed by atoms with E-state index in [1.807, 2.05) is 12.1 Å². The number of rotatable bonds is 7. The summed E-state index contributed by atoms with van der Waals surface area (Å²) in [5, 5.41) is 0. The molecule has 2 aliphatic rings. The van der Waals surface area contributed by atoms with Crippen LogP contribution in [0.2, 0.25) is 0 Å². The Balaban J connectivity index is 1.63. The number of benzene rings is 2. The molecule has 166 valence electrons. The molecule has 31 heavy (non-hydrogen) atoms. The van der Waals surface area contributed by atoms with Crippen LogP contribution in [0.3, 0.4) is 0 Å². The zero-order valence-electron chi connectivity index (χ0n) is 18.5. The lowest BCUT2D eigenvalue weighted by molar-refractivity contribution is -0.145. The highest BCUT2D eigenvalue weighted by atomic mass is 16.6. The summed E-state index contributed by atoms with van der Waals surface area (Å²) in [4.78, 5) is 14.2. The molecule has 0 saturated carbocycles. The maximum atomic E-state index is 11.7. The molecule has 0 aromatic heterocycles. The fourth-order valence-corrected chi connectivity index (χ4v) is 4.61. The molecule has 0 N–H and O–H groups in total. The van der Waals surface area contributed by atoms with Gasteiger partial charge >= 0.3 is 5.97 Å². The van der Waals surface area contributed by atoms with Gasteiger partial charge in [0, 0.05) is 24.7 Å². The van der Waals surface area contributed by atoms with Crippen molar-refractivity contribution in [1.29, 1.82) is 0 Å². The largest absolute Gasteiger partial charge is 0.493 e. The number of nitrogens with zero attached hydrogens (tertiary/aromatic N) is 1. The van der Waals surface area contributed by atoms with E-state index in [-0.39, 0.29) is 18.6 Å². The van der Waals surface area contributed by atoms with E-state index in [0.717, 1.165) is 37.4 Å². The van der Waals surface area contributed by atoms with Crippen molar-refractivity contribution in [3.63, 3.8) is 0 Å². The Bertz CT molecular complexity index is 973. The summed E-state index contributed by atoms with van der Waals surface area (Å²) < 4.78 is 27.4. The number of carbonyl (C=O) groups is 1. The molecule has 7 heteroatoms. The van der Waals surface area contributed by atoms with Crippen LogP contribution in [-0.2, 0) is 28.9 Å². The van der Waals surface area contributed by atoms with E-state index in [0.29, 0.717) is 18.1 Å². The third-order valence-electron chi connectivity index (χ3n) is 6.06. The fraction of sp³-hybridized carbons (Fsp3) is 0.458. The Kier molecular flexibility index (Phi) is 6.23. The van der Waals surface area contributed by atoms with Gasteiger partial charge in [-0.05, 0) is 54.7 Å². The minimum atomic E-state index is -0.387. The molecule has 0 bridgehead atoms. The Morgan fingerprint density at radius 1 is 1.03 bits per heavy atom. The maximum Gasteiger partial charge on any atom is 0.344 e. The summed E-state index contributed by atoms with van der Waals surface area (Å²) in [5.74, 6) is 2.40. The number of ether oxygens (including phenoxy) is 5. The summed E-state index contributed by atoms with van der Waals surface area (Å²) in [6.45, 7) is 3.72. The van der Waals surface area contributed by atoms with Crippen LogP contribution in [0, 0.1) is 0 Å². The van der Waals surface area contributed by atoms with Crippen molar-refractivity contribution in [1.82, 2.24) is 4.90 Å². The molecule has 4 rings (SSSR count). The lowest BCUT2D eigenvalue weighted by Gasteiger charge is -2.42. The topological polar surface area (TPSA) is 66.5 Å². The van der Waals surface area contributed by atoms with Crippen LogP contribution >= 0.6 is 0 Å². The number of fused-ring (bicyclic) bond motifs is 4. The predicted molar refractivity (Wildman–Crippen MR) is 115 cm³/mol. The normalized spacial score (nSPS) is 17.1. The first-order valence-electron chi connectivity index (χ1n) is 10.6. The predicted octanol–water partition coefficient (Wildman–Crippen LogP) is 3.31. The van der Waals surface area contributed by atoms with E-state index in [1.54, 1.807) is 28.3 Å². The van der Waals surface area contributed by atoms with Gasteiger partial charge in [-0.25, -0.2) is 4.79 Å². The smallest absolute Gasteiger partial charge is 0.344 e. The standard InChI is InChI=1S/C24H29NO6/c1-5-30-23(26)14-31-22-11-16-8-9-25-13-18-15(6-7-20(27-2)24(18)29-4)10-19(25)17(16)12-21(22)28-3/h6-7,11-12,19H,5,8-10,13-14H2,1-4H3/t19-/m1/s1. The van der Waals surface area contributed by atoms with Crippen LogP contribution in [0.25, 0.3) is 0 Å². The number of methoxy groups -OCH3 is 3. The van der Waals surface area contributed by atoms with Gasteiger partial charge < -0.3 is 23.7 Å². The maximum absolute atomic E-state index is 11.7. The second-order valence-electron chi connectivity index (χ2n) is 7.67. The van der Waals surface area contributed by atoms with Crippen molar-refractivity contribution < 1.29 is 28.5 Å². The number of hydrogen-bond donors (Lipinski definition) is 0. The summed E-state index contributed by atoms with van der Waals surface area (Å²) in [6.07, 6.45) is 1.78. The fourth-order valence-electron chi connectivity index (χ4n) is 4.61. The van der Waals surface area contributed by atoms with E-state index < -0.39 is 0 Å². The van der Waals surface area contributed by atoms with Crippen molar-refractivity contribution in [2.45, 2.75) is 32.4 Å². The van der Waals surface area contributed by atoms with Crippen molar-refractivity contribution in [2.24, 2.45) is 0 Å². The third kappa shape index (κ3) is 4.02. The molecule has 0 aliphatic carbocycles. The monoisotopic (exact) mass is 427 g/mol. The van der Waals surface area contributed by atoms with Gasteiger partial charge in [-0.2, -0.15) is 0 Å². The molecule has 2 aliphatic heterocycles. The Morgan fingerprint density at radius 2 is 1.84 bits per heavy atom. The molecule has 0 amide bonds. The average molecular weight is 427 g/mol. The van der Waals surface area contributed by atoms with Gasteiger partial charge in [0.25, 0.3) is 0 Å². The highest BCUT2D eigenvalue weighted by Crippen LogP contribution is 2.45. The molecule has 0 spiro atoms. The summed E-state index contributed by atoms with van der Waals surface area (Å²) in [6, 6.07) is 8.43. The molecule has 2 aromatic carbocycles. The van der Waals surface area contributed by atoms with Gasteiger partial charge in [-0.1, -0.05) is 6.07 Å². The van der Waals surface area contributed by atoms with Crippen molar-refractivity contribution in [3.8, 4) is 23.0 Å². The lowest BCUT2D eigenvalue weighted by atomic mass is 9.83.